The van der Waals surface area contributed by atoms with E-state index in [4.69, 9.17) is 10.5 Å². The fourth-order valence-corrected chi connectivity index (χ4v) is 3.15. The molecule has 26 heavy (non-hydrogen) atoms. The summed E-state index contributed by atoms with van der Waals surface area (Å²) >= 11 is 0. The van der Waals surface area contributed by atoms with Crippen LogP contribution in [0.15, 0.2) is 30.7 Å². The van der Waals surface area contributed by atoms with Crippen molar-refractivity contribution in [1.29, 1.82) is 0 Å². The number of methoxy groups -OCH3 is 1. The summed E-state index contributed by atoms with van der Waals surface area (Å²) < 4.78 is 5.31. The number of nitrogens with zero attached hydrogens (tertiary/aromatic N) is 4. The highest BCUT2D eigenvalue weighted by Crippen LogP contribution is 2.29. The summed E-state index contributed by atoms with van der Waals surface area (Å²) in [6.07, 6.45) is 7.04. The molecule has 2 aromatic rings. The van der Waals surface area contributed by atoms with E-state index < -0.39 is 5.60 Å². The molecule has 7 heteroatoms. The number of ether oxygens (including phenoxy) is 1. The van der Waals surface area contributed by atoms with E-state index in [2.05, 4.69) is 15.0 Å². The van der Waals surface area contributed by atoms with Gasteiger partial charge >= 0.3 is 0 Å². The molecule has 3 rings (SSSR count). The number of anilines is 1. The summed E-state index contributed by atoms with van der Waals surface area (Å²) in [5, 5.41) is 0. The van der Waals surface area contributed by atoms with Gasteiger partial charge in [-0.15, -0.1) is 0 Å². The van der Waals surface area contributed by atoms with Gasteiger partial charge < -0.3 is 15.4 Å². The van der Waals surface area contributed by atoms with Crippen LogP contribution in [-0.4, -0.2) is 51.6 Å². The predicted octanol–water partition coefficient (Wildman–Crippen LogP) is 2.25. The van der Waals surface area contributed by atoms with E-state index in [9.17, 15) is 4.79 Å². The number of nitrogens with two attached hydrogens (primary N) is 1. The minimum Gasteiger partial charge on any atom is -0.369 e. The zero-order valence-corrected chi connectivity index (χ0v) is 15.5. The van der Waals surface area contributed by atoms with Gasteiger partial charge in [0.15, 0.2) is 0 Å². The molecule has 0 unspecified atom stereocenters. The average molecular weight is 355 g/mol. The standard InChI is InChI=1S/C19H25N5O2/c1-19(2,26-3)17(25)24-8-6-13(7-9-24)16-5-4-14(10-21-16)15-11-22-18(20)23-12-15/h4-5,10-13H,6-9H2,1-3H3,(H2,20,22,23). The van der Waals surface area contributed by atoms with Crippen LogP contribution in [-0.2, 0) is 9.53 Å². The number of carbonyl (C=O) groups is 1. The van der Waals surface area contributed by atoms with E-state index in [0.717, 1.165) is 42.8 Å². The second kappa shape index (κ2) is 7.37. The normalized spacial score (nSPS) is 15.9. The SMILES string of the molecule is COC(C)(C)C(=O)N1CCC(c2ccc(-c3cnc(N)nc3)cn2)CC1. The molecule has 138 valence electrons. The van der Waals surface area contributed by atoms with E-state index in [0.29, 0.717) is 5.92 Å². The van der Waals surface area contributed by atoms with Gasteiger partial charge in [0.1, 0.15) is 5.60 Å². The van der Waals surface area contributed by atoms with Gasteiger partial charge in [-0.1, -0.05) is 6.07 Å². The molecular formula is C19H25N5O2. The quantitative estimate of drug-likeness (QED) is 0.904. The first-order valence-corrected chi connectivity index (χ1v) is 8.79. The topological polar surface area (TPSA) is 94.2 Å². The van der Waals surface area contributed by atoms with Crippen molar-refractivity contribution in [3.8, 4) is 11.1 Å². The highest BCUT2D eigenvalue weighted by atomic mass is 16.5. The molecule has 0 atom stereocenters. The number of carbonyl (C=O) groups excluding carboxylic acids is 1. The lowest BCUT2D eigenvalue weighted by Gasteiger charge is -2.36. The van der Waals surface area contributed by atoms with Gasteiger partial charge in [-0.25, -0.2) is 9.97 Å². The molecule has 0 aromatic carbocycles. The highest BCUT2D eigenvalue weighted by Gasteiger charge is 2.34. The van der Waals surface area contributed by atoms with Crippen molar-refractivity contribution < 1.29 is 9.53 Å². The number of piperidine rings is 1. The Kier molecular flexibility index (Phi) is 5.18. The van der Waals surface area contributed by atoms with E-state index in [1.807, 2.05) is 37.1 Å². The molecule has 1 aliphatic rings. The number of rotatable bonds is 4. The van der Waals surface area contributed by atoms with Crippen molar-refractivity contribution in [3.05, 3.63) is 36.4 Å². The summed E-state index contributed by atoms with van der Waals surface area (Å²) in [6, 6.07) is 4.08. The van der Waals surface area contributed by atoms with Crippen LogP contribution in [0.5, 0.6) is 0 Å². The highest BCUT2D eigenvalue weighted by molar-refractivity contribution is 5.84. The van der Waals surface area contributed by atoms with Crippen LogP contribution in [0.2, 0.25) is 0 Å². The Morgan fingerprint density at radius 3 is 2.27 bits per heavy atom. The molecule has 1 fully saturated rings. The van der Waals surface area contributed by atoms with Crippen LogP contribution in [0.1, 0.15) is 38.3 Å². The zero-order valence-electron chi connectivity index (χ0n) is 15.5. The first kappa shape index (κ1) is 18.3. The lowest BCUT2D eigenvalue weighted by molar-refractivity contribution is -0.152. The molecule has 1 saturated heterocycles. The summed E-state index contributed by atoms with van der Waals surface area (Å²) in [5.41, 5.74) is 7.66. The number of aromatic nitrogens is 3. The van der Waals surface area contributed by atoms with Gasteiger partial charge in [0.05, 0.1) is 0 Å². The Balaban J connectivity index is 1.63. The predicted molar refractivity (Wildman–Crippen MR) is 99.3 cm³/mol. The van der Waals surface area contributed by atoms with E-state index in [-0.39, 0.29) is 11.9 Å². The number of hydrogen-bond acceptors (Lipinski definition) is 6. The van der Waals surface area contributed by atoms with Crippen molar-refractivity contribution in [3.63, 3.8) is 0 Å². The third kappa shape index (κ3) is 3.83. The summed E-state index contributed by atoms with van der Waals surface area (Å²) in [7, 11) is 1.57. The van der Waals surface area contributed by atoms with Crippen molar-refractivity contribution >= 4 is 11.9 Å². The molecule has 2 aromatic heterocycles. The van der Waals surface area contributed by atoms with Crippen molar-refractivity contribution in [2.75, 3.05) is 25.9 Å². The Hall–Kier alpha value is -2.54. The number of hydrogen-bond donors (Lipinski definition) is 1. The van der Waals surface area contributed by atoms with Gasteiger partial charge in [0, 0.05) is 61.5 Å². The molecule has 7 nitrogen and oxygen atoms in total. The van der Waals surface area contributed by atoms with Crippen molar-refractivity contribution in [1.82, 2.24) is 19.9 Å². The largest absolute Gasteiger partial charge is 0.369 e. The Morgan fingerprint density at radius 2 is 1.73 bits per heavy atom. The van der Waals surface area contributed by atoms with E-state index in [1.54, 1.807) is 19.5 Å². The molecule has 1 aliphatic heterocycles. The second-order valence-corrected chi connectivity index (χ2v) is 7.08. The van der Waals surface area contributed by atoms with Crippen LogP contribution < -0.4 is 5.73 Å². The third-order valence-electron chi connectivity index (χ3n) is 5.02. The summed E-state index contributed by atoms with van der Waals surface area (Å²) in [5.74, 6) is 0.669. The summed E-state index contributed by atoms with van der Waals surface area (Å²) in [6.45, 7) is 5.07. The van der Waals surface area contributed by atoms with Crippen LogP contribution in [0, 0.1) is 0 Å². The molecule has 3 heterocycles. The maximum Gasteiger partial charge on any atom is 0.254 e. The third-order valence-corrected chi connectivity index (χ3v) is 5.02. The van der Waals surface area contributed by atoms with Gasteiger partial charge in [0.25, 0.3) is 5.91 Å². The van der Waals surface area contributed by atoms with Gasteiger partial charge in [-0.3, -0.25) is 9.78 Å². The van der Waals surface area contributed by atoms with Crippen molar-refractivity contribution in [2.24, 2.45) is 0 Å². The zero-order chi connectivity index (χ0) is 18.7. The maximum absolute atomic E-state index is 12.5. The Labute approximate surface area is 153 Å². The molecule has 1 amide bonds. The minimum atomic E-state index is -0.770. The molecule has 2 N–H and O–H groups in total. The maximum atomic E-state index is 12.5. The monoisotopic (exact) mass is 355 g/mol. The van der Waals surface area contributed by atoms with Gasteiger partial charge in [-0.05, 0) is 32.8 Å². The van der Waals surface area contributed by atoms with Crippen molar-refractivity contribution in [2.45, 2.75) is 38.2 Å². The number of amides is 1. The molecular weight excluding hydrogens is 330 g/mol. The molecule has 0 bridgehead atoms. The fourth-order valence-electron chi connectivity index (χ4n) is 3.15. The number of likely N-dealkylation sites (tertiary alicyclic amines) is 1. The van der Waals surface area contributed by atoms with Crippen LogP contribution in [0.4, 0.5) is 5.95 Å². The number of pyridine rings is 1. The van der Waals surface area contributed by atoms with Gasteiger partial charge in [-0.2, -0.15) is 0 Å². The summed E-state index contributed by atoms with van der Waals surface area (Å²) in [4.78, 5) is 27.0. The smallest absolute Gasteiger partial charge is 0.254 e. The fraction of sp³-hybridized carbons (Fsp3) is 0.474. The Bertz CT molecular complexity index is 751. The number of nitrogen functional groups attached to an aromatic ring is 1. The lowest BCUT2D eigenvalue weighted by Crippen LogP contribution is -2.49. The van der Waals surface area contributed by atoms with E-state index in [1.165, 1.54) is 0 Å². The molecule has 0 spiro atoms. The van der Waals surface area contributed by atoms with E-state index >= 15 is 0 Å². The minimum absolute atomic E-state index is 0.0464. The van der Waals surface area contributed by atoms with Crippen LogP contribution >= 0.6 is 0 Å². The first-order chi connectivity index (χ1) is 12.4. The van der Waals surface area contributed by atoms with Gasteiger partial charge in [0.2, 0.25) is 5.95 Å². The van der Waals surface area contributed by atoms with Crippen LogP contribution in [0.25, 0.3) is 11.1 Å². The lowest BCUT2D eigenvalue weighted by atomic mass is 9.91. The Morgan fingerprint density at radius 1 is 1.12 bits per heavy atom. The second-order valence-electron chi connectivity index (χ2n) is 7.08. The van der Waals surface area contributed by atoms with Crippen LogP contribution in [0.3, 0.4) is 0 Å². The molecule has 0 aliphatic carbocycles. The average Bonchev–Trinajstić information content (AvgIpc) is 2.68. The molecule has 0 radical (unpaired) electrons. The first-order valence-electron chi connectivity index (χ1n) is 8.79. The molecule has 0 saturated carbocycles.